The van der Waals surface area contributed by atoms with Gasteiger partial charge in [-0.25, -0.2) is 9.18 Å². The van der Waals surface area contributed by atoms with Crippen molar-refractivity contribution in [3.05, 3.63) is 59.4 Å². The smallest absolute Gasteiger partial charge is 0.399 e. The summed E-state index contributed by atoms with van der Waals surface area (Å²) in [5, 5.41) is 4.59. The van der Waals surface area contributed by atoms with Crippen LogP contribution in [0.2, 0.25) is 0 Å². The minimum Gasteiger partial charge on any atom is -0.399 e. The van der Waals surface area contributed by atoms with E-state index in [9.17, 15) is 22.4 Å². The lowest BCUT2D eigenvalue weighted by molar-refractivity contribution is -0.137. The second-order valence-electron chi connectivity index (χ2n) is 8.33. The second-order valence-corrected chi connectivity index (χ2v) is 8.33. The maximum Gasteiger partial charge on any atom is 0.494 e. The first kappa shape index (κ1) is 23.1. The number of rotatable bonds is 4. The second kappa shape index (κ2) is 8.16. The third kappa shape index (κ3) is 5.19. The summed E-state index contributed by atoms with van der Waals surface area (Å²) in [6, 6.07) is 8.15. The molecule has 0 spiro atoms. The van der Waals surface area contributed by atoms with Gasteiger partial charge in [-0.1, -0.05) is 24.3 Å². The monoisotopic (exact) mass is 438 g/mol. The molecule has 1 saturated heterocycles. The zero-order valence-corrected chi connectivity index (χ0v) is 17.6. The molecule has 10 heteroatoms. The SMILES string of the molecule is CC1(C)OB(c2ccc(CNC(=O)Nc3cc(C(F)(F)F)ccc3F)cc2)OC1(C)C. The summed E-state index contributed by atoms with van der Waals surface area (Å²) < 4.78 is 64.0. The van der Waals surface area contributed by atoms with E-state index in [-0.39, 0.29) is 6.54 Å². The number of nitrogens with one attached hydrogen (secondary N) is 2. The number of urea groups is 1. The average molecular weight is 438 g/mol. The lowest BCUT2D eigenvalue weighted by Crippen LogP contribution is -2.41. The van der Waals surface area contributed by atoms with Gasteiger partial charge in [0.05, 0.1) is 22.5 Å². The molecule has 166 valence electrons. The fourth-order valence-electron chi connectivity index (χ4n) is 2.92. The van der Waals surface area contributed by atoms with E-state index in [1.807, 2.05) is 39.8 Å². The number of benzene rings is 2. The van der Waals surface area contributed by atoms with Crippen LogP contribution in [0, 0.1) is 5.82 Å². The Morgan fingerprint density at radius 2 is 1.58 bits per heavy atom. The van der Waals surface area contributed by atoms with Gasteiger partial charge in [0.25, 0.3) is 0 Å². The maximum absolute atomic E-state index is 13.7. The van der Waals surface area contributed by atoms with E-state index in [0.717, 1.165) is 11.0 Å². The highest BCUT2D eigenvalue weighted by molar-refractivity contribution is 6.62. The minimum absolute atomic E-state index is 0.0933. The summed E-state index contributed by atoms with van der Waals surface area (Å²) >= 11 is 0. The van der Waals surface area contributed by atoms with Crippen LogP contribution in [0.3, 0.4) is 0 Å². The van der Waals surface area contributed by atoms with E-state index >= 15 is 0 Å². The molecule has 2 amide bonds. The molecule has 1 fully saturated rings. The third-order valence-corrected chi connectivity index (χ3v) is 5.50. The molecular formula is C21H23BF4N2O3. The molecule has 0 saturated carbocycles. The van der Waals surface area contributed by atoms with Crippen LogP contribution in [0.5, 0.6) is 0 Å². The highest BCUT2D eigenvalue weighted by Gasteiger charge is 2.51. The molecule has 2 N–H and O–H groups in total. The van der Waals surface area contributed by atoms with Crippen molar-refractivity contribution < 1.29 is 31.7 Å². The number of anilines is 1. The average Bonchev–Trinajstić information content (AvgIpc) is 2.89. The first-order valence-electron chi connectivity index (χ1n) is 9.64. The Bertz CT molecular complexity index is 946. The normalized spacial score (nSPS) is 17.5. The summed E-state index contributed by atoms with van der Waals surface area (Å²) in [6.07, 6.45) is -4.64. The van der Waals surface area contributed by atoms with E-state index in [2.05, 4.69) is 10.6 Å². The zero-order chi connectivity index (χ0) is 23.0. The van der Waals surface area contributed by atoms with Crippen LogP contribution in [0.1, 0.15) is 38.8 Å². The Labute approximate surface area is 178 Å². The Kier molecular flexibility index (Phi) is 6.08. The number of halogens is 4. The standard InChI is InChI=1S/C21H23BF4N2O3/c1-19(2)20(3,4)31-22(30-19)15-8-5-13(6-9-15)12-27-18(29)28-17-11-14(21(24,25)26)7-10-16(17)23/h5-11H,12H2,1-4H3,(H2,27,28,29). The number of carbonyl (C=O) groups is 1. The molecule has 0 unspecified atom stereocenters. The molecule has 5 nitrogen and oxygen atoms in total. The van der Waals surface area contributed by atoms with Gasteiger partial charge in [0.1, 0.15) is 5.82 Å². The van der Waals surface area contributed by atoms with Gasteiger partial charge in [-0.05, 0) is 56.9 Å². The number of hydrogen-bond donors (Lipinski definition) is 2. The first-order chi connectivity index (χ1) is 14.3. The van der Waals surface area contributed by atoms with Crippen molar-refractivity contribution >= 4 is 24.3 Å². The van der Waals surface area contributed by atoms with E-state index in [1.165, 1.54) is 0 Å². The molecule has 1 aliphatic heterocycles. The van der Waals surface area contributed by atoms with Crippen molar-refractivity contribution in [3.8, 4) is 0 Å². The fraction of sp³-hybridized carbons (Fsp3) is 0.381. The molecule has 3 rings (SSSR count). The van der Waals surface area contributed by atoms with Crippen LogP contribution in [0.25, 0.3) is 0 Å². The molecule has 1 aliphatic rings. The number of alkyl halides is 3. The number of carbonyl (C=O) groups excluding carboxylic acids is 1. The van der Waals surface area contributed by atoms with Gasteiger partial charge in [0.15, 0.2) is 0 Å². The number of amides is 2. The van der Waals surface area contributed by atoms with E-state index in [0.29, 0.717) is 18.2 Å². The molecule has 2 aromatic rings. The van der Waals surface area contributed by atoms with Crippen molar-refractivity contribution in [2.24, 2.45) is 0 Å². The van der Waals surface area contributed by atoms with Crippen molar-refractivity contribution in [2.75, 3.05) is 5.32 Å². The molecular weight excluding hydrogens is 415 g/mol. The molecule has 0 aliphatic carbocycles. The van der Waals surface area contributed by atoms with Gasteiger partial charge in [-0.3, -0.25) is 0 Å². The van der Waals surface area contributed by atoms with E-state index in [4.69, 9.17) is 9.31 Å². The highest BCUT2D eigenvalue weighted by Crippen LogP contribution is 2.36. The summed E-state index contributed by atoms with van der Waals surface area (Å²) in [5.41, 5.74) is -0.979. The molecule has 0 atom stereocenters. The van der Waals surface area contributed by atoms with Gasteiger partial charge in [-0.15, -0.1) is 0 Å². The summed E-state index contributed by atoms with van der Waals surface area (Å²) in [5.74, 6) is -0.963. The van der Waals surface area contributed by atoms with Gasteiger partial charge < -0.3 is 19.9 Å². The van der Waals surface area contributed by atoms with Crippen molar-refractivity contribution in [3.63, 3.8) is 0 Å². The lowest BCUT2D eigenvalue weighted by Gasteiger charge is -2.32. The van der Waals surface area contributed by atoms with Gasteiger partial charge >= 0.3 is 19.3 Å². The van der Waals surface area contributed by atoms with Crippen molar-refractivity contribution in [2.45, 2.75) is 51.6 Å². The fourth-order valence-corrected chi connectivity index (χ4v) is 2.92. The summed E-state index contributed by atoms with van der Waals surface area (Å²) in [7, 11) is -0.515. The molecule has 0 aromatic heterocycles. The largest absolute Gasteiger partial charge is 0.494 e. The van der Waals surface area contributed by atoms with E-state index in [1.54, 1.807) is 12.1 Å². The minimum atomic E-state index is -4.64. The number of hydrogen-bond acceptors (Lipinski definition) is 3. The quantitative estimate of drug-likeness (QED) is 0.548. The predicted molar refractivity (Wildman–Crippen MR) is 109 cm³/mol. The van der Waals surface area contributed by atoms with Crippen molar-refractivity contribution in [1.82, 2.24) is 5.32 Å². The summed E-state index contributed by atoms with van der Waals surface area (Å²) in [6.45, 7) is 7.92. The van der Waals surface area contributed by atoms with Crippen molar-refractivity contribution in [1.29, 1.82) is 0 Å². The molecule has 31 heavy (non-hydrogen) atoms. The van der Waals surface area contributed by atoms with Crippen LogP contribution in [-0.4, -0.2) is 24.4 Å². The van der Waals surface area contributed by atoms with Crippen LogP contribution in [0.15, 0.2) is 42.5 Å². The van der Waals surface area contributed by atoms with E-state index < -0.39 is 47.6 Å². The molecule has 0 radical (unpaired) electrons. The van der Waals surface area contributed by atoms with Crippen LogP contribution < -0.4 is 16.1 Å². The maximum atomic E-state index is 13.7. The van der Waals surface area contributed by atoms with Gasteiger partial charge in [0.2, 0.25) is 0 Å². The Morgan fingerprint density at radius 3 is 2.13 bits per heavy atom. The predicted octanol–water partition coefficient (Wildman–Crippen LogP) is 4.47. The van der Waals surface area contributed by atoms with Crippen LogP contribution in [-0.2, 0) is 22.0 Å². The zero-order valence-electron chi connectivity index (χ0n) is 17.6. The molecule has 0 bridgehead atoms. The molecule has 2 aromatic carbocycles. The molecule has 1 heterocycles. The Morgan fingerprint density at radius 1 is 1.00 bits per heavy atom. The third-order valence-electron chi connectivity index (χ3n) is 5.50. The topological polar surface area (TPSA) is 59.6 Å². The van der Waals surface area contributed by atoms with Gasteiger partial charge in [-0.2, -0.15) is 13.2 Å². The lowest BCUT2D eigenvalue weighted by atomic mass is 9.79. The first-order valence-corrected chi connectivity index (χ1v) is 9.64. The Hall–Kier alpha value is -2.59. The van der Waals surface area contributed by atoms with Gasteiger partial charge in [0, 0.05) is 6.54 Å². The van der Waals surface area contributed by atoms with Crippen LogP contribution in [0.4, 0.5) is 28.0 Å². The Balaban J connectivity index is 1.58. The summed E-state index contributed by atoms with van der Waals surface area (Å²) in [4.78, 5) is 12.0. The van der Waals surface area contributed by atoms with Crippen LogP contribution >= 0.6 is 0 Å². The highest BCUT2D eigenvalue weighted by atomic mass is 19.4.